The van der Waals surface area contributed by atoms with Crippen molar-refractivity contribution in [2.75, 3.05) is 19.6 Å². The van der Waals surface area contributed by atoms with E-state index in [1.165, 1.54) is 0 Å². The summed E-state index contributed by atoms with van der Waals surface area (Å²) in [7, 11) is 0. The Bertz CT molecular complexity index is 463. The van der Waals surface area contributed by atoms with Gasteiger partial charge in [0.25, 0.3) is 0 Å². The van der Waals surface area contributed by atoms with E-state index in [0.717, 1.165) is 36.6 Å². The first kappa shape index (κ1) is 14.6. The maximum absolute atomic E-state index is 12.0. The standard InChI is InChI=1S/C14H17ClN2O.ClH/c15-13-4-2-1-3-10(13)11-5-12(11)14(18)17-8-9-6-16-7-9;/h1-4,9,11-12,16H,5-8H2,(H,17,18);1H. The average Bonchev–Trinajstić information content (AvgIpc) is 3.07. The molecule has 3 rings (SSSR count). The van der Waals surface area contributed by atoms with Crippen LogP contribution in [0.25, 0.3) is 0 Å². The lowest BCUT2D eigenvalue weighted by atomic mass is 10.0. The number of hydrogen-bond donors (Lipinski definition) is 2. The first-order valence-corrected chi connectivity index (χ1v) is 6.86. The van der Waals surface area contributed by atoms with Crippen LogP contribution in [0.15, 0.2) is 24.3 Å². The van der Waals surface area contributed by atoms with E-state index in [-0.39, 0.29) is 24.2 Å². The predicted molar refractivity (Wildman–Crippen MR) is 78.9 cm³/mol. The Kier molecular flexibility index (Phi) is 4.71. The number of rotatable bonds is 4. The highest BCUT2D eigenvalue weighted by molar-refractivity contribution is 6.31. The molecule has 5 heteroatoms. The van der Waals surface area contributed by atoms with E-state index < -0.39 is 0 Å². The monoisotopic (exact) mass is 300 g/mol. The minimum absolute atomic E-state index is 0. The largest absolute Gasteiger partial charge is 0.355 e. The van der Waals surface area contributed by atoms with Crippen molar-refractivity contribution in [2.45, 2.75) is 12.3 Å². The number of amides is 1. The summed E-state index contributed by atoms with van der Waals surface area (Å²) in [6.07, 6.45) is 0.929. The lowest BCUT2D eigenvalue weighted by molar-refractivity contribution is -0.122. The number of benzene rings is 1. The summed E-state index contributed by atoms with van der Waals surface area (Å²) in [5.74, 6) is 1.24. The Balaban J connectivity index is 0.00000133. The van der Waals surface area contributed by atoms with E-state index in [9.17, 15) is 4.79 Å². The van der Waals surface area contributed by atoms with Crippen molar-refractivity contribution in [3.05, 3.63) is 34.9 Å². The van der Waals surface area contributed by atoms with Gasteiger partial charge in [0.2, 0.25) is 5.91 Å². The number of hydrogen-bond acceptors (Lipinski definition) is 2. The van der Waals surface area contributed by atoms with Crippen LogP contribution in [0.1, 0.15) is 17.9 Å². The molecule has 3 nitrogen and oxygen atoms in total. The molecule has 0 aromatic heterocycles. The lowest BCUT2D eigenvalue weighted by Gasteiger charge is -2.27. The third kappa shape index (κ3) is 3.22. The number of carbonyl (C=O) groups excluding carboxylic acids is 1. The van der Waals surface area contributed by atoms with E-state index in [4.69, 9.17) is 11.6 Å². The quantitative estimate of drug-likeness (QED) is 0.895. The molecular weight excluding hydrogens is 283 g/mol. The SMILES string of the molecule is Cl.O=C(NCC1CNC1)C1CC1c1ccccc1Cl. The topological polar surface area (TPSA) is 41.1 Å². The van der Waals surface area contributed by atoms with Crippen LogP contribution in [0.3, 0.4) is 0 Å². The van der Waals surface area contributed by atoms with Crippen LogP contribution >= 0.6 is 24.0 Å². The summed E-state index contributed by atoms with van der Waals surface area (Å²) >= 11 is 6.15. The highest BCUT2D eigenvalue weighted by atomic mass is 35.5. The third-order valence-electron chi connectivity index (χ3n) is 3.86. The van der Waals surface area contributed by atoms with Gasteiger partial charge in [-0.2, -0.15) is 0 Å². The number of nitrogens with one attached hydrogen (secondary N) is 2. The van der Waals surface area contributed by atoms with Gasteiger partial charge in [0.05, 0.1) is 0 Å². The Morgan fingerprint density at radius 2 is 2.11 bits per heavy atom. The van der Waals surface area contributed by atoms with Gasteiger partial charge in [0, 0.05) is 36.5 Å². The van der Waals surface area contributed by atoms with Gasteiger partial charge >= 0.3 is 0 Å². The molecule has 1 saturated heterocycles. The minimum Gasteiger partial charge on any atom is -0.355 e. The number of halogens is 2. The van der Waals surface area contributed by atoms with Crippen LogP contribution in [-0.2, 0) is 4.79 Å². The summed E-state index contributed by atoms with van der Waals surface area (Å²) in [6.45, 7) is 2.86. The predicted octanol–water partition coefficient (Wildman–Crippen LogP) is 2.20. The first-order chi connectivity index (χ1) is 8.75. The molecule has 0 radical (unpaired) electrons. The Morgan fingerprint density at radius 1 is 1.37 bits per heavy atom. The summed E-state index contributed by atoms with van der Waals surface area (Å²) in [6, 6.07) is 7.82. The molecule has 2 fully saturated rings. The fraction of sp³-hybridized carbons (Fsp3) is 0.500. The van der Waals surface area contributed by atoms with E-state index in [1.54, 1.807) is 0 Å². The summed E-state index contributed by atoms with van der Waals surface area (Å²) in [5, 5.41) is 7.03. The van der Waals surface area contributed by atoms with Gasteiger partial charge < -0.3 is 10.6 Å². The molecule has 2 atom stereocenters. The second kappa shape index (κ2) is 6.12. The zero-order valence-electron chi connectivity index (χ0n) is 10.6. The van der Waals surface area contributed by atoms with Gasteiger partial charge in [0.15, 0.2) is 0 Å². The molecule has 1 aliphatic heterocycles. The van der Waals surface area contributed by atoms with E-state index in [1.807, 2.05) is 24.3 Å². The highest BCUT2D eigenvalue weighted by Crippen LogP contribution is 2.49. The van der Waals surface area contributed by atoms with Crippen molar-refractivity contribution in [1.29, 1.82) is 0 Å². The molecule has 104 valence electrons. The zero-order valence-corrected chi connectivity index (χ0v) is 12.1. The normalized spacial score (nSPS) is 25.1. The molecule has 0 spiro atoms. The minimum atomic E-state index is 0. The fourth-order valence-corrected chi connectivity index (χ4v) is 2.75. The van der Waals surface area contributed by atoms with Gasteiger partial charge in [0.1, 0.15) is 0 Å². The Morgan fingerprint density at radius 3 is 2.74 bits per heavy atom. The van der Waals surface area contributed by atoms with Crippen LogP contribution < -0.4 is 10.6 Å². The molecule has 1 amide bonds. The second-order valence-corrected chi connectivity index (χ2v) is 5.65. The number of carbonyl (C=O) groups is 1. The van der Waals surface area contributed by atoms with Crippen molar-refractivity contribution in [3.8, 4) is 0 Å². The smallest absolute Gasteiger partial charge is 0.223 e. The fourth-order valence-electron chi connectivity index (χ4n) is 2.47. The summed E-state index contributed by atoms with van der Waals surface area (Å²) in [5.41, 5.74) is 1.12. The van der Waals surface area contributed by atoms with Gasteiger partial charge in [-0.3, -0.25) is 4.79 Å². The van der Waals surface area contributed by atoms with Gasteiger partial charge in [-0.1, -0.05) is 29.8 Å². The molecule has 1 aromatic rings. The second-order valence-electron chi connectivity index (χ2n) is 5.24. The van der Waals surface area contributed by atoms with Crippen molar-refractivity contribution >= 4 is 29.9 Å². The zero-order chi connectivity index (χ0) is 12.5. The lowest BCUT2D eigenvalue weighted by Crippen LogP contribution is -2.48. The van der Waals surface area contributed by atoms with Crippen LogP contribution in [0.4, 0.5) is 0 Å². The van der Waals surface area contributed by atoms with E-state index >= 15 is 0 Å². The first-order valence-electron chi connectivity index (χ1n) is 6.48. The molecule has 1 aliphatic carbocycles. The highest BCUT2D eigenvalue weighted by Gasteiger charge is 2.44. The van der Waals surface area contributed by atoms with Crippen LogP contribution in [-0.4, -0.2) is 25.5 Å². The van der Waals surface area contributed by atoms with Gasteiger partial charge in [-0.15, -0.1) is 12.4 Å². The maximum Gasteiger partial charge on any atom is 0.223 e. The molecule has 2 N–H and O–H groups in total. The molecule has 1 saturated carbocycles. The molecule has 1 heterocycles. The molecule has 2 unspecified atom stereocenters. The average molecular weight is 301 g/mol. The van der Waals surface area contributed by atoms with Crippen molar-refractivity contribution in [3.63, 3.8) is 0 Å². The molecule has 0 bridgehead atoms. The van der Waals surface area contributed by atoms with E-state index in [0.29, 0.717) is 11.8 Å². The van der Waals surface area contributed by atoms with Crippen LogP contribution in [0.2, 0.25) is 5.02 Å². The van der Waals surface area contributed by atoms with Crippen molar-refractivity contribution < 1.29 is 4.79 Å². The van der Waals surface area contributed by atoms with Crippen LogP contribution in [0, 0.1) is 11.8 Å². The molecular formula is C14H18Cl2N2O. The third-order valence-corrected chi connectivity index (χ3v) is 4.21. The molecule has 2 aliphatic rings. The van der Waals surface area contributed by atoms with E-state index in [2.05, 4.69) is 10.6 Å². The van der Waals surface area contributed by atoms with Crippen molar-refractivity contribution in [2.24, 2.45) is 11.8 Å². The van der Waals surface area contributed by atoms with Crippen molar-refractivity contribution in [1.82, 2.24) is 10.6 Å². The van der Waals surface area contributed by atoms with Gasteiger partial charge in [-0.05, 0) is 24.0 Å². The van der Waals surface area contributed by atoms with Gasteiger partial charge in [-0.25, -0.2) is 0 Å². The summed E-state index contributed by atoms with van der Waals surface area (Å²) < 4.78 is 0. The Labute approximate surface area is 124 Å². The molecule has 19 heavy (non-hydrogen) atoms. The summed E-state index contributed by atoms with van der Waals surface area (Å²) in [4.78, 5) is 12.0. The molecule has 1 aromatic carbocycles. The Hall–Kier alpha value is -0.770. The van der Waals surface area contributed by atoms with Crippen LogP contribution in [0.5, 0.6) is 0 Å². The maximum atomic E-state index is 12.0.